The Morgan fingerprint density at radius 1 is 1.19 bits per heavy atom. The number of hydrogen-bond donors (Lipinski definition) is 0. The highest BCUT2D eigenvalue weighted by Crippen LogP contribution is 2.36. The molecule has 1 aromatic heterocycles. The molecule has 2 heterocycles. The van der Waals surface area contributed by atoms with Gasteiger partial charge in [-0.3, -0.25) is 4.79 Å². The topological polar surface area (TPSA) is 51.7 Å². The molecule has 0 N–H and O–H groups in total. The monoisotopic (exact) mass is 310 g/mol. The van der Waals surface area contributed by atoms with Crippen molar-refractivity contribution < 1.29 is 14.1 Å². The van der Waals surface area contributed by atoms with E-state index in [9.17, 15) is 4.79 Å². The second kappa shape index (κ2) is 5.27. The Morgan fingerprint density at radius 3 is 2.14 bits per heavy atom. The second-order valence-corrected chi connectivity index (χ2v) is 6.72. The number of carbonyl (C=O) groups is 1. The number of hydrogen-bond acceptors (Lipinski definition) is 4. The Balaban J connectivity index is 2.28. The number of nitrogens with zero attached hydrogens (tertiary/aromatic N) is 2. The molecule has 1 fully saturated rings. The molecule has 0 spiro atoms. The molecular formula is C14H20BClN2O3. The third-order valence-corrected chi connectivity index (χ3v) is 4.29. The Labute approximate surface area is 130 Å². The van der Waals surface area contributed by atoms with Crippen molar-refractivity contribution in [3.05, 3.63) is 22.8 Å². The van der Waals surface area contributed by atoms with Crippen LogP contribution in [-0.4, -0.2) is 48.2 Å². The first-order chi connectivity index (χ1) is 9.55. The molecule has 0 aliphatic carbocycles. The van der Waals surface area contributed by atoms with Gasteiger partial charge in [0.2, 0.25) is 0 Å². The highest BCUT2D eigenvalue weighted by molar-refractivity contribution is 6.61. The molecule has 0 saturated carbocycles. The summed E-state index contributed by atoms with van der Waals surface area (Å²) in [5.74, 6) is -0.187. The lowest BCUT2D eigenvalue weighted by Crippen LogP contribution is -2.41. The van der Waals surface area contributed by atoms with E-state index in [4.69, 9.17) is 20.9 Å². The predicted octanol–water partition coefficient (Wildman–Crippen LogP) is 1.74. The molecule has 0 unspecified atom stereocenters. The van der Waals surface area contributed by atoms with Crippen LogP contribution in [0, 0.1) is 0 Å². The van der Waals surface area contributed by atoms with Crippen molar-refractivity contribution in [2.24, 2.45) is 0 Å². The van der Waals surface area contributed by atoms with Crippen molar-refractivity contribution in [2.45, 2.75) is 38.9 Å². The molecule has 7 heteroatoms. The summed E-state index contributed by atoms with van der Waals surface area (Å²) < 4.78 is 11.8. The number of aromatic nitrogens is 1. The zero-order valence-electron chi connectivity index (χ0n) is 13.2. The molecule has 21 heavy (non-hydrogen) atoms. The maximum Gasteiger partial charge on any atom is 0.514 e. The summed E-state index contributed by atoms with van der Waals surface area (Å²) in [4.78, 5) is 17.7. The first kappa shape index (κ1) is 16.3. The van der Waals surface area contributed by atoms with Crippen molar-refractivity contribution in [3.8, 4) is 0 Å². The summed E-state index contributed by atoms with van der Waals surface area (Å²) in [6.45, 7) is 7.88. The van der Waals surface area contributed by atoms with E-state index in [1.807, 2.05) is 27.7 Å². The Morgan fingerprint density at radius 2 is 1.71 bits per heavy atom. The predicted molar refractivity (Wildman–Crippen MR) is 83.0 cm³/mol. The lowest BCUT2D eigenvalue weighted by molar-refractivity contribution is 0.00578. The first-order valence-corrected chi connectivity index (χ1v) is 7.17. The van der Waals surface area contributed by atoms with Crippen LogP contribution in [-0.2, 0) is 9.31 Å². The van der Waals surface area contributed by atoms with E-state index in [2.05, 4.69) is 4.98 Å². The molecule has 5 nitrogen and oxygen atoms in total. The van der Waals surface area contributed by atoms with Crippen molar-refractivity contribution in [3.63, 3.8) is 0 Å². The Hall–Kier alpha value is -1.11. The Bertz CT molecular complexity index is 559. The number of amides is 1. The van der Waals surface area contributed by atoms with Gasteiger partial charge in [-0.25, -0.2) is 4.98 Å². The minimum Gasteiger partial charge on any atom is -0.398 e. The third kappa shape index (κ3) is 2.93. The lowest BCUT2D eigenvalue weighted by atomic mass is 9.84. The maximum atomic E-state index is 11.9. The zero-order valence-corrected chi connectivity index (χ0v) is 14.0. The quantitative estimate of drug-likeness (QED) is 0.617. The third-order valence-electron chi connectivity index (χ3n) is 4.00. The largest absolute Gasteiger partial charge is 0.514 e. The second-order valence-electron chi connectivity index (χ2n) is 6.36. The van der Waals surface area contributed by atoms with E-state index in [0.717, 1.165) is 0 Å². The van der Waals surface area contributed by atoms with Gasteiger partial charge in [-0.15, -0.1) is 0 Å². The van der Waals surface area contributed by atoms with Gasteiger partial charge in [-0.05, 0) is 39.8 Å². The smallest absolute Gasteiger partial charge is 0.398 e. The van der Waals surface area contributed by atoms with Crippen molar-refractivity contribution in [1.82, 2.24) is 9.88 Å². The summed E-state index contributed by atoms with van der Waals surface area (Å²) in [6, 6.07) is 3.36. The summed E-state index contributed by atoms with van der Waals surface area (Å²) in [6.07, 6.45) is 0. The summed E-state index contributed by atoms with van der Waals surface area (Å²) >= 11 is 6.12. The fourth-order valence-electron chi connectivity index (χ4n) is 1.94. The first-order valence-electron chi connectivity index (χ1n) is 6.79. The molecule has 1 aliphatic rings. The molecule has 0 radical (unpaired) electrons. The number of pyridine rings is 1. The van der Waals surface area contributed by atoms with Gasteiger partial charge in [0.25, 0.3) is 5.91 Å². The molecule has 114 valence electrons. The fraction of sp³-hybridized carbons (Fsp3) is 0.571. The van der Waals surface area contributed by atoms with Crippen LogP contribution in [0.15, 0.2) is 12.1 Å². The molecule has 1 saturated heterocycles. The van der Waals surface area contributed by atoms with Crippen LogP contribution in [0.1, 0.15) is 38.1 Å². The van der Waals surface area contributed by atoms with Crippen LogP contribution in [0.2, 0.25) is 5.15 Å². The summed E-state index contributed by atoms with van der Waals surface area (Å²) in [7, 11) is 2.75. The number of carbonyl (C=O) groups excluding carboxylic acids is 1. The van der Waals surface area contributed by atoms with Gasteiger partial charge in [-0.2, -0.15) is 0 Å². The van der Waals surface area contributed by atoms with Gasteiger partial charge in [0.1, 0.15) is 5.15 Å². The van der Waals surface area contributed by atoms with E-state index in [0.29, 0.717) is 11.2 Å². The van der Waals surface area contributed by atoms with E-state index < -0.39 is 18.3 Å². The van der Waals surface area contributed by atoms with Gasteiger partial charge in [0, 0.05) is 14.1 Å². The molecule has 0 aromatic carbocycles. The minimum absolute atomic E-state index is 0.154. The molecule has 0 atom stereocenters. The SMILES string of the molecule is CN(C)C(=O)c1ccc(B2OC(C)(C)C(C)(C)O2)nc1Cl. The van der Waals surface area contributed by atoms with Crippen LogP contribution < -0.4 is 5.59 Å². The molecular weight excluding hydrogens is 290 g/mol. The number of halogens is 1. The molecule has 1 aliphatic heterocycles. The summed E-state index contributed by atoms with van der Waals surface area (Å²) in [5, 5.41) is 0.154. The van der Waals surface area contributed by atoms with Gasteiger partial charge < -0.3 is 14.2 Å². The average molecular weight is 311 g/mol. The van der Waals surface area contributed by atoms with Crippen molar-refractivity contribution >= 4 is 30.2 Å². The highest BCUT2D eigenvalue weighted by Gasteiger charge is 2.52. The average Bonchev–Trinajstić information content (AvgIpc) is 2.57. The standard InChI is InChI=1S/C14H20BClN2O3/c1-13(2)14(3,4)21-15(20-13)10-8-7-9(11(16)17-10)12(19)18(5)6/h7-8H,1-6H3. The Kier molecular flexibility index (Phi) is 4.08. The van der Waals surface area contributed by atoms with Crippen molar-refractivity contribution in [1.29, 1.82) is 0 Å². The van der Waals surface area contributed by atoms with E-state index in [1.165, 1.54) is 4.90 Å². The molecule has 1 aromatic rings. The highest BCUT2D eigenvalue weighted by atomic mass is 35.5. The molecule has 2 rings (SSSR count). The van der Waals surface area contributed by atoms with Gasteiger partial charge in [0.15, 0.2) is 0 Å². The normalized spacial score (nSPS) is 19.7. The van der Waals surface area contributed by atoms with Crippen LogP contribution in [0.3, 0.4) is 0 Å². The molecule has 1 amide bonds. The van der Waals surface area contributed by atoms with Gasteiger partial charge >= 0.3 is 7.12 Å². The van der Waals surface area contributed by atoms with Crippen LogP contribution in [0.5, 0.6) is 0 Å². The van der Waals surface area contributed by atoms with Gasteiger partial charge in [-0.1, -0.05) is 11.6 Å². The number of rotatable bonds is 2. The minimum atomic E-state index is -0.587. The van der Waals surface area contributed by atoms with Crippen molar-refractivity contribution in [2.75, 3.05) is 14.1 Å². The van der Waals surface area contributed by atoms with Crippen LogP contribution in [0.4, 0.5) is 0 Å². The lowest BCUT2D eigenvalue weighted by Gasteiger charge is -2.32. The van der Waals surface area contributed by atoms with E-state index >= 15 is 0 Å². The zero-order chi connectivity index (χ0) is 16.0. The molecule has 0 bridgehead atoms. The van der Waals surface area contributed by atoms with Crippen LogP contribution >= 0.6 is 11.6 Å². The van der Waals surface area contributed by atoms with Crippen LogP contribution in [0.25, 0.3) is 0 Å². The van der Waals surface area contributed by atoms with E-state index in [1.54, 1.807) is 26.2 Å². The fourth-order valence-corrected chi connectivity index (χ4v) is 2.19. The van der Waals surface area contributed by atoms with Gasteiger partial charge in [0.05, 0.1) is 22.4 Å². The summed E-state index contributed by atoms with van der Waals surface area (Å²) in [5.41, 5.74) is 0.0457. The van der Waals surface area contributed by atoms with E-state index in [-0.39, 0.29) is 11.1 Å². The maximum absolute atomic E-state index is 11.9.